The van der Waals surface area contributed by atoms with Crippen molar-refractivity contribution in [2.75, 3.05) is 20.2 Å². The standard InChI is InChI=1S/C38H41N7O5/c1-4-6-33(46)44-14-5-7-30(44)37-41-28-12-10-22-16-27-25-11-9-23(15-24(25)20-50-32(27)17-26(22)35(28)43-37)29-18-39-36(42-29)31-13-8-21(2)45(31)34(47)19-40-38(48)49-3/h9-12,15-18,21,30-31H,4-8,13-14,19-20H2,1-3H3,(H,39,42)(H,40,48)(H,41,43)/t21-,30-,31?/m0/s1. The number of aromatic amines is 2. The number of hydrogen-bond donors (Lipinski definition) is 3. The number of nitrogens with one attached hydrogen (secondary N) is 3. The Morgan fingerprint density at radius 1 is 1.00 bits per heavy atom. The lowest BCUT2D eigenvalue weighted by atomic mass is 9.92. The third kappa shape index (κ3) is 5.52. The first-order valence-electron chi connectivity index (χ1n) is 17.5. The molecule has 12 nitrogen and oxygen atoms in total. The molecule has 258 valence electrons. The molecule has 3 aliphatic heterocycles. The van der Waals surface area contributed by atoms with Crippen LogP contribution in [0.4, 0.5) is 4.79 Å². The zero-order chi connectivity index (χ0) is 34.5. The lowest BCUT2D eigenvalue weighted by Crippen LogP contribution is -2.43. The van der Waals surface area contributed by atoms with Crippen molar-refractivity contribution < 1.29 is 23.9 Å². The molecule has 5 aromatic rings. The lowest BCUT2D eigenvalue weighted by Gasteiger charge is -2.27. The minimum Gasteiger partial charge on any atom is -0.488 e. The number of H-pyrrole nitrogens is 2. The van der Waals surface area contributed by atoms with Crippen LogP contribution in [-0.2, 0) is 20.9 Å². The van der Waals surface area contributed by atoms with Gasteiger partial charge in [0.05, 0.1) is 42.1 Å². The number of nitrogens with zero attached hydrogens (tertiary/aromatic N) is 4. The highest BCUT2D eigenvalue weighted by Gasteiger charge is 2.37. The molecule has 3 aliphatic rings. The van der Waals surface area contributed by atoms with Crippen LogP contribution in [0.3, 0.4) is 0 Å². The van der Waals surface area contributed by atoms with Crippen molar-refractivity contribution in [3.63, 3.8) is 0 Å². The fourth-order valence-corrected chi connectivity index (χ4v) is 7.98. The molecule has 0 bridgehead atoms. The van der Waals surface area contributed by atoms with Gasteiger partial charge in [-0.3, -0.25) is 9.59 Å². The van der Waals surface area contributed by atoms with E-state index in [1.807, 2.05) is 24.9 Å². The number of carbonyl (C=O) groups excluding carboxylic acids is 3. The first-order chi connectivity index (χ1) is 24.3. The Balaban J connectivity index is 1.05. The number of benzene rings is 3. The van der Waals surface area contributed by atoms with Crippen LogP contribution in [0.15, 0.2) is 48.7 Å². The van der Waals surface area contributed by atoms with Crippen molar-refractivity contribution >= 4 is 39.7 Å². The van der Waals surface area contributed by atoms with Gasteiger partial charge in [0, 0.05) is 30.0 Å². The Bertz CT molecular complexity index is 2140. The summed E-state index contributed by atoms with van der Waals surface area (Å²) in [6.07, 6.45) is 6.12. The predicted molar refractivity (Wildman–Crippen MR) is 188 cm³/mol. The van der Waals surface area contributed by atoms with Gasteiger partial charge in [0.15, 0.2) is 0 Å². The second-order valence-corrected chi connectivity index (χ2v) is 13.6. The van der Waals surface area contributed by atoms with E-state index < -0.39 is 6.09 Å². The number of alkyl carbamates (subject to hydrolysis) is 1. The summed E-state index contributed by atoms with van der Waals surface area (Å²) < 4.78 is 11.0. The highest BCUT2D eigenvalue weighted by molar-refractivity contribution is 6.07. The quantitative estimate of drug-likeness (QED) is 0.178. The van der Waals surface area contributed by atoms with Crippen LogP contribution in [0.1, 0.15) is 81.7 Å². The Morgan fingerprint density at radius 2 is 1.88 bits per heavy atom. The summed E-state index contributed by atoms with van der Waals surface area (Å²) in [5, 5.41) is 4.63. The van der Waals surface area contributed by atoms with Gasteiger partial charge in [-0.05, 0) is 85.4 Å². The van der Waals surface area contributed by atoms with Crippen LogP contribution in [0.2, 0.25) is 0 Å². The van der Waals surface area contributed by atoms with Crippen molar-refractivity contribution in [2.24, 2.45) is 0 Å². The second-order valence-electron chi connectivity index (χ2n) is 13.6. The third-order valence-corrected chi connectivity index (χ3v) is 10.5. The number of imidazole rings is 2. The van der Waals surface area contributed by atoms with Crippen molar-refractivity contribution in [3.05, 3.63) is 65.9 Å². The van der Waals surface area contributed by atoms with Crippen LogP contribution in [0.5, 0.6) is 5.75 Å². The van der Waals surface area contributed by atoms with Gasteiger partial charge >= 0.3 is 6.09 Å². The summed E-state index contributed by atoms with van der Waals surface area (Å²) in [5.41, 5.74) is 6.94. The molecule has 3 N–H and O–H groups in total. The molecule has 5 heterocycles. The molecule has 3 aromatic carbocycles. The number of fused-ring (bicyclic) bond motifs is 6. The molecule has 3 amide bonds. The summed E-state index contributed by atoms with van der Waals surface area (Å²) >= 11 is 0. The number of aromatic nitrogens is 4. The first kappa shape index (κ1) is 31.9. The Hall–Kier alpha value is -5.39. The molecular weight excluding hydrogens is 634 g/mol. The largest absolute Gasteiger partial charge is 0.488 e. The maximum absolute atomic E-state index is 13.0. The van der Waals surface area contributed by atoms with Crippen LogP contribution < -0.4 is 10.1 Å². The maximum Gasteiger partial charge on any atom is 0.407 e. The topological polar surface area (TPSA) is 146 Å². The van der Waals surface area contributed by atoms with Crippen LogP contribution in [-0.4, -0.2) is 73.9 Å². The van der Waals surface area contributed by atoms with E-state index >= 15 is 0 Å². The van der Waals surface area contributed by atoms with Crippen molar-refractivity contribution in [1.29, 1.82) is 0 Å². The molecule has 8 rings (SSSR count). The van der Waals surface area contributed by atoms with Crippen molar-refractivity contribution in [1.82, 2.24) is 35.1 Å². The Morgan fingerprint density at radius 3 is 2.72 bits per heavy atom. The molecule has 50 heavy (non-hydrogen) atoms. The summed E-state index contributed by atoms with van der Waals surface area (Å²) in [6.45, 7) is 5.14. The lowest BCUT2D eigenvalue weighted by molar-refractivity contribution is -0.133. The fraction of sp³-hybridized carbons (Fsp3) is 0.395. The van der Waals surface area contributed by atoms with Gasteiger partial charge in [0.2, 0.25) is 11.8 Å². The summed E-state index contributed by atoms with van der Waals surface area (Å²) in [5.74, 6) is 2.43. The molecule has 0 spiro atoms. The highest BCUT2D eigenvalue weighted by Crippen LogP contribution is 2.43. The molecule has 12 heteroatoms. The van der Waals surface area contributed by atoms with E-state index in [1.54, 1.807) is 4.90 Å². The highest BCUT2D eigenvalue weighted by atomic mass is 16.5. The van der Waals surface area contributed by atoms with Gasteiger partial charge < -0.3 is 34.6 Å². The molecule has 0 radical (unpaired) electrons. The van der Waals surface area contributed by atoms with E-state index in [0.29, 0.717) is 13.0 Å². The van der Waals surface area contributed by atoms with Crippen LogP contribution in [0.25, 0.3) is 44.2 Å². The minimum absolute atomic E-state index is 0.0177. The number of likely N-dealkylation sites (tertiary alicyclic amines) is 2. The SMILES string of the molecule is CCCC(=O)N1CCC[C@H]1c1nc2ccc3cc4c(cc3c2[nH]1)OCc1cc(-c2cnc(C3CC[C@H](C)N3C(=O)CNC(=O)OC)[nH]2)ccc1-4. The van der Waals surface area contributed by atoms with E-state index in [2.05, 4.69) is 67.5 Å². The molecule has 2 fully saturated rings. The van der Waals surface area contributed by atoms with Gasteiger partial charge in [-0.15, -0.1) is 0 Å². The molecule has 0 aliphatic carbocycles. The van der Waals surface area contributed by atoms with Crippen molar-refractivity contribution in [2.45, 2.75) is 77.1 Å². The van der Waals surface area contributed by atoms with E-state index in [0.717, 1.165) is 106 Å². The van der Waals surface area contributed by atoms with Gasteiger partial charge in [-0.1, -0.05) is 25.1 Å². The minimum atomic E-state index is -0.633. The number of amides is 3. The second kappa shape index (κ2) is 12.8. The molecular formula is C38H41N7O5. The summed E-state index contributed by atoms with van der Waals surface area (Å²) in [4.78, 5) is 57.9. The van der Waals surface area contributed by atoms with E-state index in [9.17, 15) is 14.4 Å². The molecule has 2 saturated heterocycles. The predicted octanol–water partition coefficient (Wildman–Crippen LogP) is 6.54. The van der Waals surface area contributed by atoms with E-state index in [1.165, 1.54) is 7.11 Å². The Labute approximate surface area is 289 Å². The number of ether oxygens (including phenoxy) is 2. The normalized spacial score (nSPS) is 19.8. The van der Waals surface area contributed by atoms with Gasteiger partial charge in [0.1, 0.15) is 30.5 Å². The Kier molecular flexibility index (Phi) is 8.16. The molecule has 0 saturated carbocycles. The summed E-state index contributed by atoms with van der Waals surface area (Å²) in [6, 6.07) is 14.6. The number of methoxy groups -OCH3 is 1. The zero-order valence-electron chi connectivity index (χ0n) is 28.5. The van der Waals surface area contributed by atoms with Crippen LogP contribution in [0, 0.1) is 0 Å². The van der Waals surface area contributed by atoms with E-state index in [-0.39, 0.29) is 36.5 Å². The smallest absolute Gasteiger partial charge is 0.407 e. The fourth-order valence-electron chi connectivity index (χ4n) is 7.98. The number of rotatable bonds is 7. The number of carbonyl (C=O) groups is 3. The molecule has 3 atom stereocenters. The average Bonchev–Trinajstić information content (AvgIpc) is 3.95. The molecule has 2 aromatic heterocycles. The van der Waals surface area contributed by atoms with Gasteiger partial charge in [-0.25, -0.2) is 14.8 Å². The van der Waals surface area contributed by atoms with Crippen molar-refractivity contribution in [3.8, 4) is 28.1 Å². The average molecular weight is 676 g/mol. The van der Waals surface area contributed by atoms with Gasteiger partial charge in [0.25, 0.3) is 0 Å². The van der Waals surface area contributed by atoms with Crippen LogP contribution >= 0.6 is 0 Å². The third-order valence-electron chi connectivity index (χ3n) is 10.5. The zero-order valence-corrected chi connectivity index (χ0v) is 28.5. The number of hydrogen-bond acceptors (Lipinski definition) is 7. The van der Waals surface area contributed by atoms with E-state index in [4.69, 9.17) is 9.72 Å². The van der Waals surface area contributed by atoms with Gasteiger partial charge in [-0.2, -0.15) is 0 Å². The maximum atomic E-state index is 13.0. The first-order valence-corrected chi connectivity index (χ1v) is 17.5. The molecule has 1 unspecified atom stereocenters. The summed E-state index contributed by atoms with van der Waals surface area (Å²) in [7, 11) is 1.27. The monoisotopic (exact) mass is 675 g/mol.